The van der Waals surface area contributed by atoms with Crippen LogP contribution in [0.5, 0.6) is 0 Å². The first kappa shape index (κ1) is 13.8. The maximum atomic E-state index is 10.6. The van der Waals surface area contributed by atoms with Crippen LogP contribution in [-0.2, 0) is 4.79 Å². The smallest absolute Gasteiger partial charge is 0.305 e. The number of pyridine rings is 1. The van der Waals surface area contributed by atoms with Crippen LogP contribution in [-0.4, -0.2) is 29.7 Å². The number of fused-ring (bicyclic) bond motifs is 1. The van der Waals surface area contributed by atoms with Crippen molar-refractivity contribution in [3.63, 3.8) is 0 Å². The highest BCUT2D eigenvalue weighted by Gasteiger charge is 2.10. The molecule has 0 bridgehead atoms. The van der Waals surface area contributed by atoms with Gasteiger partial charge in [0.2, 0.25) is 0 Å². The fourth-order valence-corrected chi connectivity index (χ4v) is 2.49. The van der Waals surface area contributed by atoms with Crippen LogP contribution < -0.4 is 4.90 Å². The summed E-state index contributed by atoms with van der Waals surface area (Å²) in [4.78, 5) is 16.9. The topological polar surface area (TPSA) is 53.4 Å². The van der Waals surface area contributed by atoms with Gasteiger partial charge in [-0.1, -0.05) is 15.9 Å². The molecule has 0 spiro atoms. The van der Waals surface area contributed by atoms with Crippen LogP contribution in [0.1, 0.15) is 12.0 Å². The van der Waals surface area contributed by atoms with Crippen LogP contribution in [0.4, 0.5) is 5.69 Å². The zero-order chi connectivity index (χ0) is 14.0. The molecule has 1 N–H and O–H groups in total. The van der Waals surface area contributed by atoms with E-state index in [0.717, 1.165) is 26.6 Å². The minimum absolute atomic E-state index is 0.125. The van der Waals surface area contributed by atoms with Crippen molar-refractivity contribution in [2.75, 3.05) is 18.5 Å². The van der Waals surface area contributed by atoms with Crippen LogP contribution in [0.15, 0.2) is 28.9 Å². The molecule has 0 atom stereocenters. The van der Waals surface area contributed by atoms with Gasteiger partial charge in [-0.15, -0.1) is 0 Å². The summed E-state index contributed by atoms with van der Waals surface area (Å²) in [5, 5.41) is 9.81. The van der Waals surface area contributed by atoms with Crippen molar-refractivity contribution < 1.29 is 9.90 Å². The summed E-state index contributed by atoms with van der Waals surface area (Å²) in [6.07, 6.45) is 1.88. The summed E-state index contributed by atoms with van der Waals surface area (Å²) < 4.78 is 1.01. The van der Waals surface area contributed by atoms with E-state index in [0.29, 0.717) is 6.54 Å². The lowest BCUT2D eigenvalue weighted by atomic mass is 10.1. The predicted octanol–water partition coefficient (Wildman–Crippen LogP) is 3.22. The summed E-state index contributed by atoms with van der Waals surface area (Å²) in [6.45, 7) is 2.50. The number of aromatic nitrogens is 1. The number of halogens is 1. The molecule has 0 aliphatic rings. The molecule has 19 heavy (non-hydrogen) atoms. The summed E-state index contributed by atoms with van der Waals surface area (Å²) in [5.74, 6) is -0.786. The van der Waals surface area contributed by atoms with E-state index in [-0.39, 0.29) is 6.42 Å². The minimum Gasteiger partial charge on any atom is -0.481 e. The number of carboxylic acid groups (broad SMARTS) is 1. The first-order valence-corrected chi connectivity index (χ1v) is 6.76. The number of carboxylic acids is 1. The quantitative estimate of drug-likeness (QED) is 0.939. The minimum atomic E-state index is -0.786. The van der Waals surface area contributed by atoms with E-state index in [9.17, 15) is 4.79 Å². The molecule has 0 aliphatic heterocycles. The van der Waals surface area contributed by atoms with Crippen molar-refractivity contribution in [3.05, 3.63) is 34.4 Å². The van der Waals surface area contributed by atoms with E-state index in [2.05, 4.69) is 27.0 Å². The molecule has 0 aliphatic carbocycles. The van der Waals surface area contributed by atoms with Crippen molar-refractivity contribution in [1.82, 2.24) is 4.98 Å². The molecular formula is C14H15BrN2O2. The molecular weight excluding hydrogens is 308 g/mol. The Morgan fingerprint density at radius 3 is 2.89 bits per heavy atom. The van der Waals surface area contributed by atoms with Gasteiger partial charge >= 0.3 is 5.97 Å². The number of anilines is 1. The highest BCUT2D eigenvalue weighted by Crippen LogP contribution is 2.29. The number of aliphatic carboxylic acids is 1. The second-order valence-corrected chi connectivity index (χ2v) is 5.37. The van der Waals surface area contributed by atoms with Crippen LogP contribution >= 0.6 is 15.9 Å². The number of rotatable bonds is 4. The Kier molecular flexibility index (Phi) is 4.04. The summed E-state index contributed by atoms with van der Waals surface area (Å²) in [7, 11) is 1.90. The highest BCUT2D eigenvalue weighted by atomic mass is 79.9. The van der Waals surface area contributed by atoms with E-state index in [1.807, 2.05) is 31.0 Å². The molecule has 4 nitrogen and oxygen atoms in total. The molecule has 1 aromatic heterocycles. The molecule has 5 heteroatoms. The fourth-order valence-electron chi connectivity index (χ4n) is 2.05. The lowest BCUT2D eigenvalue weighted by Crippen LogP contribution is -2.21. The van der Waals surface area contributed by atoms with Crippen LogP contribution in [0.3, 0.4) is 0 Å². The first-order valence-electron chi connectivity index (χ1n) is 5.97. The van der Waals surface area contributed by atoms with E-state index in [4.69, 9.17) is 5.11 Å². The van der Waals surface area contributed by atoms with Gasteiger partial charge in [-0.3, -0.25) is 9.78 Å². The van der Waals surface area contributed by atoms with Gasteiger partial charge in [0.25, 0.3) is 0 Å². The third-order valence-corrected chi connectivity index (χ3v) is 3.77. The summed E-state index contributed by atoms with van der Waals surface area (Å²) in [6, 6.07) is 5.98. The van der Waals surface area contributed by atoms with E-state index in [1.165, 1.54) is 0 Å². The summed E-state index contributed by atoms with van der Waals surface area (Å²) in [5.41, 5.74) is 3.02. The van der Waals surface area contributed by atoms with Crippen molar-refractivity contribution in [2.24, 2.45) is 0 Å². The van der Waals surface area contributed by atoms with Gasteiger partial charge in [-0.25, -0.2) is 0 Å². The van der Waals surface area contributed by atoms with Gasteiger partial charge < -0.3 is 10.0 Å². The second kappa shape index (κ2) is 5.57. The first-order chi connectivity index (χ1) is 8.99. The Morgan fingerprint density at radius 1 is 1.47 bits per heavy atom. The molecule has 0 unspecified atom stereocenters. The van der Waals surface area contributed by atoms with Gasteiger partial charge in [0.1, 0.15) is 0 Å². The zero-order valence-corrected chi connectivity index (χ0v) is 12.4. The molecule has 0 fully saturated rings. The fraction of sp³-hybridized carbons (Fsp3) is 0.286. The van der Waals surface area contributed by atoms with Crippen LogP contribution in [0, 0.1) is 6.92 Å². The number of nitrogens with zero attached hydrogens (tertiary/aromatic N) is 2. The molecule has 1 heterocycles. The molecule has 1 aromatic carbocycles. The van der Waals surface area contributed by atoms with Crippen molar-refractivity contribution in [1.29, 1.82) is 0 Å². The number of hydrogen-bond acceptors (Lipinski definition) is 3. The lowest BCUT2D eigenvalue weighted by Gasteiger charge is -2.21. The lowest BCUT2D eigenvalue weighted by molar-refractivity contribution is -0.136. The largest absolute Gasteiger partial charge is 0.481 e. The standard InChI is InChI=1S/C14H15BrN2O2/c1-9-7-10-11(15)3-5-16-12(10)8-13(9)17(2)6-4-14(18)19/h3,5,7-8H,4,6H2,1-2H3,(H,18,19). The molecule has 2 rings (SSSR count). The molecule has 0 radical (unpaired) electrons. The van der Waals surface area contributed by atoms with Crippen molar-refractivity contribution in [3.8, 4) is 0 Å². The molecule has 100 valence electrons. The Hall–Kier alpha value is -1.62. The Bertz CT molecular complexity index is 628. The maximum Gasteiger partial charge on any atom is 0.305 e. The molecule has 0 saturated carbocycles. The van der Waals surface area contributed by atoms with Gasteiger partial charge in [-0.05, 0) is 30.7 Å². The van der Waals surface area contributed by atoms with Gasteiger partial charge in [0, 0.05) is 35.3 Å². The van der Waals surface area contributed by atoms with E-state index >= 15 is 0 Å². The predicted molar refractivity (Wildman–Crippen MR) is 79.7 cm³/mol. The second-order valence-electron chi connectivity index (χ2n) is 4.51. The Labute approximate surface area is 120 Å². The van der Waals surface area contributed by atoms with Gasteiger partial charge in [-0.2, -0.15) is 0 Å². The Morgan fingerprint density at radius 2 is 2.21 bits per heavy atom. The highest BCUT2D eigenvalue weighted by molar-refractivity contribution is 9.10. The Balaban J connectivity index is 2.38. The number of carbonyl (C=O) groups is 1. The number of hydrogen-bond donors (Lipinski definition) is 1. The third kappa shape index (κ3) is 3.04. The maximum absolute atomic E-state index is 10.6. The number of aryl methyl sites for hydroxylation is 1. The van der Waals surface area contributed by atoms with E-state index < -0.39 is 5.97 Å². The molecule has 0 saturated heterocycles. The van der Waals surface area contributed by atoms with Gasteiger partial charge in [0.05, 0.1) is 11.9 Å². The third-order valence-electron chi connectivity index (χ3n) is 3.08. The molecule has 2 aromatic rings. The SMILES string of the molecule is Cc1cc2c(Br)ccnc2cc1N(C)CCC(=O)O. The van der Waals surface area contributed by atoms with Gasteiger partial charge in [0.15, 0.2) is 0 Å². The van der Waals surface area contributed by atoms with Crippen molar-refractivity contribution >= 4 is 38.5 Å². The van der Waals surface area contributed by atoms with Crippen molar-refractivity contribution in [2.45, 2.75) is 13.3 Å². The molecule has 0 amide bonds. The monoisotopic (exact) mass is 322 g/mol. The van der Waals surface area contributed by atoms with E-state index in [1.54, 1.807) is 6.20 Å². The number of benzene rings is 1. The van der Waals surface area contributed by atoms with Crippen LogP contribution in [0.25, 0.3) is 10.9 Å². The van der Waals surface area contributed by atoms with Crippen LogP contribution in [0.2, 0.25) is 0 Å². The average molecular weight is 323 g/mol. The summed E-state index contributed by atoms with van der Waals surface area (Å²) >= 11 is 3.51. The zero-order valence-electron chi connectivity index (χ0n) is 10.9. The average Bonchev–Trinajstić information content (AvgIpc) is 2.36. The normalized spacial score (nSPS) is 10.7.